The van der Waals surface area contributed by atoms with E-state index < -0.39 is 0 Å². The number of hydrogen-bond donors (Lipinski definition) is 3. The smallest absolute Gasteiger partial charge is 0.222 e. The van der Waals surface area contributed by atoms with Crippen molar-refractivity contribution in [2.45, 2.75) is 39.3 Å². The van der Waals surface area contributed by atoms with Crippen molar-refractivity contribution >= 4 is 35.8 Å². The zero-order valence-electron chi connectivity index (χ0n) is 17.9. The third-order valence-corrected chi connectivity index (χ3v) is 4.81. The summed E-state index contributed by atoms with van der Waals surface area (Å²) in [5.74, 6) is 0.778. The lowest BCUT2D eigenvalue weighted by atomic mass is 10.0. The summed E-state index contributed by atoms with van der Waals surface area (Å²) < 4.78 is 5.44. The number of nitrogens with zero attached hydrogens (tertiary/aromatic N) is 2. The van der Waals surface area contributed by atoms with Crippen LogP contribution in [-0.2, 0) is 16.1 Å². The van der Waals surface area contributed by atoms with E-state index in [1.807, 2.05) is 37.3 Å². The van der Waals surface area contributed by atoms with Gasteiger partial charge in [0, 0.05) is 44.7 Å². The molecule has 7 nitrogen and oxygen atoms in total. The molecular formula is C21H36IN5O2. The van der Waals surface area contributed by atoms with Gasteiger partial charge >= 0.3 is 0 Å². The second-order valence-corrected chi connectivity index (χ2v) is 7.55. The fourth-order valence-corrected chi connectivity index (χ4v) is 3.06. The minimum Gasteiger partial charge on any atom is -0.379 e. The molecule has 3 N–H and O–H groups in total. The normalized spacial score (nSPS) is 15.3. The van der Waals surface area contributed by atoms with Crippen molar-refractivity contribution in [2.75, 3.05) is 45.9 Å². The second-order valence-electron chi connectivity index (χ2n) is 7.55. The summed E-state index contributed by atoms with van der Waals surface area (Å²) in [6.07, 6.45) is 0.407. The van der Waals surface area contributed by atoms with Crippen LogP contribution >= 0.6 is 24.0 Å². The van der Waals surface area contributed by atoms with E-state index >= 15 is 0 Å². The largest absolute Gasteiger partial charge is 0.379 e. The van der Waals surface area contributed by atoms with E-state index in [-0.39, 0.29) is 35.4 Å². The Morgan fingerprint density at radius 2 is 1.83 bits per heavy atom. The van der Waals surface area contributed by atoms with Gasteiger partial charge < -0.3 is 20.7 Å². The molecule has 0 unspecified atom stereocenters. The molecule has 0 spiro atoms. The van der Waals surface area contributed by atoms with Gasteiger partial charge in [-0.05, 0) is 26.3 Å². The maximum atomic E-state index is 12.0. The summed E-state index contributed by atoms with van der Waals surface area (Å²) in [4.78, 5) is 19.2. The molecule has 2 rings (SSSR count). The number of carbonyl (C=O) groups excluding carboxylic acids is 1. The molecule has 1 heterocycles. The maximum absolute atomic E-state index is 12.0. The monoisotopic (exact) mass is 517 g/mol. The number of rotatable bonds is 9. The molecule has 0 aliphatic carbocycles. The summed E-state index contributed by atoms with van der Waals surface area (Å²) >= 11 is 0. The van der Waals surface area contributed by atoms with Crippen LogP contribution in [0.3, 0.4) is 0 Å². The fourth-order valence-electron chi connectivity index (χ4n) is 3.06. The van der Waals surface area contributed by atoms with Crippen LogP contribution in [-0.4, -0.2) is 68.2 Å². The zero-order chi connectivity index (χ0) is 20.2. The van der Waals surface area contributed by atoms with Gasteiger partial charge in [-0.25, -0.2) is 0 Å². The van der Waals surface area contributed by atoms with Gasteiger partial charge in [0.05, 0.1) is 19.8 Å². The highest BCUT2D eigenvalue weighted by Crippen LogP contribution is 2.16. The summed E-state index contributed by atoms with van der Waals surface area (Å²) in [6, 6.07) is 9.92. The van der Waals surface area contributed by atoms with Crippen molar-refractivity contribution in [2.24, 2.45) is 4.99 Å². The van der Waals surface area contributed by atoms with Crippen LogP contribution in [0.4, 0.5) is 0 Å². The van der Waals surface area contributed by atoms with E-state index in [2.05, 4.69) is 34.7 Å². The van der Waals surface area contributed by atoms with E-state index in [0.29, 0.717) is 26.1 Å². The van der Waals surface area contributed by atoms with Crippen molar-refractivity contribution in [3.63, 3.8) is 0 Å². The number of ether oxygens (including phenoxy) is 1. The predicted molar refractivity (Wildman–Crippen MR) is 129 cm³/mol. The van der Waals surface area contributed by atoms with Crippen molar-refractivity contribution in [3.8, 4) is 0 Å². The number of nitrogens with one attached hydrogen (secondary N) is 3. The molecule has 1 aliphatic heterocycles. The fraction of sp³-hybridized carbons (Fsp3) is 0.619. The van der Waals surface area contributed by atoms with E-state index in [1.54, 1.807) is 0 Å². The van der Waals surface area contributed by atoms with Gasteiger partial charge in [0.2, 0.25) is 5.91 Å². The molecule has 1 aromatic rings. The summed E-state index contributed by atoms with van der Waals surface area (Å²) in [7, 11) is 0. The van der Waals surface area contributed by atoms with Gasteiger partial charge in [-0.3, -0.25) is 14.7 Å². The minimum absolute atomic E-state index is 0. The highest BCUT2D eigenvalue weighted by molar-refractivity contribution is 14.0. The van der Waals surface area contributed by atoms with Crippen LogP contribution < -0.4 is 16.0 Å². The molecule has 29 heavy (non-hydrogen) atoms. The van der Waals surface area contributed by atoms with Gasteiger partial charge in [-0.1, -0.05) is 30.3 Å². The van der Waals surface area contributed by atoms with Crippen molar-refractivity contribution < 1.29 is 9.53 Å². The molecule has 0 bridgehead atoms. The van der Waals surface area contributed by atoms with Crippen molar-refractivity contribution in [1.82, 2.24) is 20.9 Å². The minimum atomic E-state index is -0.0286. The standard InChI is InChI=1S/C21H35N5O2.HI/c1-4-22-20(25-17-21(2,3)26-12-14-28-15-13-26)23-11-10-19(27)24-16-18-8-6-5-7-9-18;/h5-9H,4,10-17H2,1-3H3,(H,24,27)(H2,22,23,25);1H. The highest BCUT2D eigenvalue weighted by atomic mass is 127. The lowest BCUT2D eigenvalue weighted by Gasteiger charge is -2.39. The van der Waals surface area contributed by atoms with Gasteiger partial charge in [0.15, 0.2) is 5.96 Å². The SMILES string of the molecule is CCNC(=NCC(C)(C)N1CCOCC1)NCCC(=O)NCc1ccccc1.I. The Balaban J connectivity index is 0.00000420. The Morgan fingerprint density at radius 1 is 1.14 bits per heavy atom. The van der Waals surface area contributed by atoms with Crippen LogP contribution in [0.15, 0.2) is 35.3 Å². The van der Waals surface area contributed by atoms with Gasteiger partial charge in [0.1, 0.15) is 0 Å². The number of amides is 1. The molecule has 0 radical (unpaired) electrons. The lowest BCUT2D eigenvalue weighted by molar-refractivity contribution is -0.121. The highest BCUT2D eigenvalue weighted by Gasteiger charge is 2.28. The van der Waals surface area contributed by atoms with Gasteiger partial charge in [-0.2, -0.15) is 0 Å². The lowest BCUT2D eigenvalue weighted by Crippen LogP contribution is -2.52. The molecule has 1 aliphatic rings. The second kappa shape index (κ2) is 13.8. The molecule has 1 fully saturated rings. The molecule has 1 saturated heterocycles. The third-order valence-electron chi connectivity index (χ3n) is 4.81. The zero-order valence-corrected chi connectivity index (χ0v) is 20.2. The van der Waals surface area contributed by atoms with Crippen LogP contribution in [0.1, 0.15) is 32.8 Å². The molecule has 164 valence electrons. The average Bonchev–Trinajstić information content (AvgIpc) is 2.72. The number of aliphatic imine (C=N–C) groups is 1. The molecule has 8 heteroatoms. The summed E-state index contributed by atoms with van der Waals surface area (Å²) in [5, 5.41) is 9.46. The average molecular weight is 517 g/mol. The third kappa shape index (κ3) is 9.77. The number of guanidine groups is 1. The van der Waals surface area contributed by atoms with Crippen molar-refractivity contribution in [3.05, 3.63) is 35.9 Å². The molecule has 1 amide bonds. The molecule has 0 atom stereocenters. The molecular weight excluding hydrogens is 481 g/mol. The molecule has 1 aromatic carbocycles. The Bertz CT molecular complexity index is 619. The molecule has 0 saturated carbocycles. The topological polar surface area (TPSA) is 78.0 Å². The van der Waals surface area contributed by atoms with E-state index in [4.69, 9.17) is 9.73 Å². The first-order valence-corrected chi connectivity index (χ1v) is 10.2. The quantitative estimate of drug-likeness (QED) is 0.265. The van der Waals surface area contributed by atoms with E-state index in [1.165, 1.54) is 0 Å². The maximum Gasteiger partial charge on any atom is 0.222 e. The first-order chi connectivity index (χ1) is 13.5. The number of morpholine rings is 1. The number of carbonyl (C=O) groups is 1. The summed E-state index contributed by atoms with van der Waals surface area (Å²) in [5.41, 5.74) is 1.07. The van der Waals surface area contributed by atoms with Gasteiger partial charge in [-0.15, -0.1) is 24.0 Å². The van der Waals surface area contributed by atoms with Crippen LogP contribution in [0.5, 0.6) is 0 Å². The Hall–Kier alpha value is -1.39. The first-order valence-electron chi connectivity index (χ1n) is 10.2. The molecule has 0 aromatic heterocycles. The first kappa shape index (κ1) is 25.6. The van der Waals surface area contributed by atoms with E-state index in [0.717, 1.165) is 44.4 Å². The Morgan fingerprint density at radius 3 is 2.48 bits per heavy atom. The van der Waals surface area contributed by atoms with E-state index in [9.17, 15) is 4.79 Å². The number of hydrogen-bond acceptors (Lipinski definition) is 4. The summed E-state index contributed by atoms with van der Waals surface area (Å²) in [6.45, 7) is 12.5. The number of benzene rings is 1. The number of halogens is 1. The Labute approximate surface area is 192 Å². The van der Waals surface area contributed by atoms with Crippen LogP contribution in [0, 0.1) is 0 Å². The van der Waals surface area contributed by atoms with Crippen molar-refractivity contribution in [1.29, 1.82) is 0 Å². The van der Waals surface area contributed by atoms with Crippen LogP contribution in [0.2, 0.25) is 0 Å². The van der Waals surface area contributed by atoms with Gasteiger partial charge in [0.25, 0.3) is 0 Å². The van der Waals surface area contributed by atoms with Crippen LogP contribution in [0.25, 0.3) is 0 Å². The predicted octanol–water partition coefficient (Wildman–Crippen LogP) is 1.98. The Kier molecular flexibility index (Phi) is 12.2.